The highest BCUT2D eigenvalue weighted by Gasteiger charge is 2.43. The fraction of sp³-hybridized carbons (Fsp3) is 0.571. The van der Waals surface area contributed by atoms with Gasteiger partial charge in [0.05, 0.1) is 5.75 Å². The second-order valence-corrected chi connectivity index (χ2v) is 7.88. The molecule has 21 heavy (non-hydrogen) atoms. The third kappa shape index (κ3) is 2.76. The number of sulfonamides is 1. The molecule has 0 saturated carbocycles. The number of piperidine rings is 1. The van der Waals surface area contributed by atoms with Gasteiger partial charge in [0.25, 0.3) is 0 Å². The number of benzene rings is 1. The molecule has 118 valence electrons. The van der Waals surface area contributed by atoms with Crippen LogP contribution in [-0.2, 0) is 15.4 Å². The van der Waals surface area contributed by atoms with Crippen molar-refractivity contribution in [2.75, 3.05) is 30.7 Å². The summed E-state index contributed by atoms with van der Waals surface area (Å²) in [6.07, 6.45) is 1.58. The highest BCUT2D eigenvalue weighted by molar-refractivity contribution is 7.89. The molecule has 2 aliphatic heterocycles. The zero-order chi connectivity index (χ0) is 14.4. The first-order valence-corrected chi connectivity index (χ1v) is 8.59. The van der Waals surface area contributed by atoms with Gasteiger partial charge in [-0.25, -0.2) is 17.1 Å². The van der Waals surface area contributed by atoms with Gasteiger partial charge >= 0.3 is 0 Å². The lowest BCUT2D eigenvalue weighted by Crippen LogP contribution is -2.46. The molecule has 0 amide bonds. The van der Waals surface area contributed by atoms with Crippen LogP contribution >= 0.6 is 12.4 Å². The van der Waals surface area contributed by atoms with E-state index in [2.05, 4.69) is 5.32 Å². The summed E-state index contributed by atoms with van der Waals surface area (Å²) in [6, 6.07) is 4.86. The molecule has 0 bridgehead atoms. The SMILES string of the molecule is CCS(=O)(=O)N1CCC2(CC1)CNc1cc(F)ccc12.Cl. The molecular weight excluding hydrogens is 315 g/mol. The lowest BCUT2D eigenvalue weighted by atomic mass is 9.75. The molecule has 2 aliphatic rings. The fourth-order valence-corrected chi connectivity index (χ4v) is 4.41. The predicted molar refractivity (Wildman–Crippen MR) is 84.1 cm³/mol. The summed E-state index contributed by atoms with van der Waals surface area (Å²) < 4.78 is 38.7. The molecule has 1 saturated heterocycles. The standard InChI is InChI=1S/C14H19FN2O2S.ClH/c1-2-20(18,19)17-7-5-14(6-8-17)10-16-13-9-11(15)3-4-12(13)14;/h3-4,9,16H,2,5-8,10H2,1H3;1H. The number of nitrogens with one attached hydrogen (secondary N) is 1. The zero-order valence-corrected chi connectivity index (χ0v) is 13.6. The van der Waals surface area contributed by atoms with E-state index in [1.165, 1.54) is 12.1 Å². The lowest BCUT2D eigenvalue weighted by molar-refractivity contribution is 0.249. The number of hydrogen-bond acceptors (Lipinski definition) is 3. The third-order valence-corrected chi connectivity index (χ3v) is 6.49. The van der Waals surface area contributed by atoms with Gasteiger partial charge in [-0.15, -0.1) is 12.4 Å². The van der Waals surface area contributed by atoms with E-state index < -0.39 is 10.0 Å². The van der Waals surface area contributed by atoms with Crippen LogP contribution in [0, 0.1) is 5.82 Å². The van der Waals surface area contributed by atoms with Crippen molar-refractivity contribution in [3.63, 3.8) is 0 Å². The molecule has 0 unspecified atom stereocenters. The number of nitrogens with zero attached hydrogens (tertiary/aromatic N) is 1. The van der Waals surface area contributed by atoms with Crippen molar-refractivity contribution < 1.29 is 12.8 Å². The minimum Gasteiger partial charge on any atom is -0.384 e. The summed E-state index contributed by atoms with van der Waals surface area (Å²) in [5.74, 6) is -0.0839. The van der Waals surface area contributed by atoms with E-state index in [9.17, 15) is 12.8 Å². The van der Waals surface area contributed by atoms with Gasteiger partial charge in [0.1, 0.15) is 5.82 Å². The van der Waals surface area contributed by atoms with Crippen LogP contribution in [0.5, 0.6) is 0 Å². The molecule has 1 aromatic carbocycles. The maximum atomic E-state index is 13.3. The molecule has 1 spiro atoms. The minimum absolute atomic E-state index is 0. The highest BCUT2D eigenvalue weighted by Crippen LogP contribution is 2.44. The van der Waals surface area contributed by atoms with E-state index in [1.807, 2.05) is 6.07 Å². The number of rotatable bonds is 2. The smallest absolute Gasteiger partial charge is 0.213 e. The summed E-state index contributed by atoms with van der Waals surface area (Å²) >= 11 is 0. The molecule has 2 heterocycles. The second-order valence-electron chi connectivity index (χ2n) is 5.62. The highest BCUT2D eigenvalue weighted by atomic mass is 35.5. The van der Waals surface area contributed by atoms with Crippen molar-refractivity contribution in [1.82, 2.24) is 4.31 Å². The van der Waals surface area contributed by atoms with E-state index in [0.29, 0.717) is 13.1 Å². The fourth-order valence-electron chi connectivity index (χ4n) is 3.31. The Bertz CT molecular complexity index is 628. The van der Waals surface area contributed by atoms with Crippen molar-refractivity contribution in [3.05, 3.63) is 29.6 Å². The molecule has 1 fully saturated rings. The van der Waals surface area contributed by atoms with Crippen molar-refractivity contribution in [3.8, 4) is 0 Å². The van der Waals surface area contributed by atoms with Crippen molar-refractivity contribution in [2.45, 2.75) is 25.2 Å². The van der Waals surface area contributed by atoms with Crippen LogP contribution in [0.25, 0.3) is 0 Å². The first-order valence-electron chi connectivity index (χ1n) is 6.99. The van der Waals surface area contributed by atoms with Gasteiger partial charge < -0.3 is 5.32 Å². The van der Waals surface area contributed by atoms with E-state index in [0.717, 1.165) is 30.6 Å². The van der Waals surface area contributed by atoms with Crippen molar-refractivity contribution in [1.29, 1.82) is 0 Å². The van der Waals surface area contributed by atoms with Gasteiger partial charge in [-0.3, -0.25) is 0 Å². The minimum atomic E-state index is -3.10. The van der Waals surface area contributed by atoms with E-state index in [1.54, 1.807) is 11.2 Å². The summed E-state index contributed by atoms with van der Waals surface area (Å²) in [7, 11) is -3.10. The van der Waals surface area contributed by atoms with Crippen molar-refractivity contribution >= 4 is 28.1 Å². The van der Waals surface area contributed by atoms with E-state index in [-0.39, 0.29) is 29.4 Å². The van der Waals surface area contributed by atoms with Crippen LogP contribution in [0.1, 0.15) is 25.3 Å². The van der Waals surface area contributed by atoms with Gasteiger partial charge in [0.2, 0.25) is 10.0 Å². The first-order chi connectivity index (χ1) is 9.47. The van der Waals surface area contributed by atoms with Crippen LogP contribution < -0.4 is 5.32 Å². The normalized spacial score (nSPS) is 20.7. The Kier molecular flexibility index (Phi) is 4.52. The molecular formula is C14H20ClFN2O2S. The van der Waals surface area contributed by atoms with Crippen LogP contribution in [0.15, 0.2) is 18.2 Å². The number of anilines is 1. The van der Waals surface area contributed by atoms with Gasteiger partial charge in [-0.2, -0.15) is 0 Å². The molecule has 0 aliphatic carbocycles. The molecule has 4 nitrogen and oxygen atoms in total. The van der Waals surface area contributed by atoms with Crippen molar-refractivity contribution in [2.24, 2.45) is 0 Å². The molecule has 1 N–H and O–H groups in total. The summed E-state index contributed by atoms with van der Waals surface area (Å²) in [5, 5.41) is 3.26. The Morgan fingerprint density at radius 3 is 2.62 bits per heavy atom. The maximum absolute atomic E-state index is 13.3. The molecule has 0 radical (unpaired) electrons. The first kappa shape index (κ1) is 16.5. The van der Waals surface area contributed by atoms with E-state index in [4.69, 9.17) is 0 Å². The Morgan fingerprint density at radius 2 is 2.00 bits per heavy atom. The summed E-state index contributed by atoms with van der Waals surface area (Å²) in [5.41, 5.74) is 1.95. The van der Waals surface area contributed by atoms with E-state index >= 15 is 0 Å². The van der Waals surface area contributed by atoms with Crippen LogP contribution in [0.4, 0.5) is 10.1 Å². The number of halogens is 2. The maximum Gasteiger partial charge on any atom is 0.213 e. The zero-order valence-electron chi connectivity index (χ0n) is 11.9. The topological polar surface area (TPSA) is 49.4 Å². The van der Waals surface area contributed by atoms with Gasteiger partial charge in [0, 0.05) is 30.7 Å². The van der Waals surface area contributed by atoms with Crippen LogP contribution in [0.2, 0.25) is 0 Å². The molecule has 1 aromatic rings. The van der Waals surface area contributed by atoms with Gasteiger partial charge in [-0.05, 0) is 37.5 Å². The Balaban J connectivity index is 0.00000161. The second kappa shape index (κ2) is 5.74. The molecule has 3 rings (SSSR count). The van der Waals surface area contributed by atoms with Crippen LogP contribution in [0.3, 0.4) is 0 Å². The quantitative estimate of drug-likeness (QED) is 0.903. The van der Waals surface area contributed by atoms with Crippen LogP contribution in [-0.4, -0.2) is 38.1 Å². The molecule has 7 heteroatoms. The summed E-state index contributed by atoms with van der Waals surface area (Å²) in [4.78, 5) is 0. The lowest BCUT2D eigenvalue weighted by Gasteiger charge is -2.38. The Labute approximate surface area is 131 Å². The third-order valence-electron chi connectivity index (χ3n) is 4.61. The van der Waals surface area contributed by atoms with Gasteiger partial charge in [-0.1, -0.05) is 6.07 Å². The monoisotopic (exact) mass is 334 g/mol. The average molecular weight is 335 g/mol. The molecule has 0 atom stereocenters. The summed E-state index contributed by atoms with van der Waals surface area (Å²) in [6.45, 7) is 3.55. The molecule has 0 aromatic heterocycles. The average Bonchev–Trinajstić information content (AvgIpc) is 2.77. The number of fused-ring (bicyclic) bond motifs is 2. The largest absolute Gasteiger partial charge is 0.384 e. The Hall–Kier alpha value is -0.850. The Morgan fingerprint density at radius 1 is 1.33 bits per heavy atom. The predicted octanol–water partition coefficient (Wildman–Crippen LogP) is 2.36. The number of hydrogen-bond donors (Lipinski definition) is 1. The van der Waals surface area contributed by atoms with Gasteiger partial charge in [0.15, 0.2) is 0 Å².